The summed E-state index contributed by atoms with van der Waals surface area (Å²) in [5.41, 5.74) is 0. The molecule has 7 heteroatoms. The lowest BCUT2D eigenvalue weighted by atomic mass is 9.96. The van der Waals surface area contributed by atoms with E-state index in [9.17, 15) is 19.8 Å². The quantitative estimate of drug-likeness (QED) is 0.150. The number of aliphatic hydroxyl groups is 2. The monoisotopic (exact) mass is 484 g/mol. The standard InChI is InChI=1S/C26H44O6S/c1-6-7-10-18(4)15-20(27)12-13-21-22(28)16-23(32-26(31)17(2)3)24(21)33-14-9-8-11-19(5)25(29)30/h12-13,17-22,27-28H,6-11,14-16H2,1-5H3,(H,29,30)/t18-,19?,20-,21+,22-/m1/s1. The largest absolute Gasteiger partial charge is 0.481 e. The Bertz CT molecular complexity index is 672. The van der Waals surface area contributed by atoms with E-state index in [-0.39, 0.29) is 30.1 Å². The van der Waals surface area contributed by atoms with Crippen LogP contribution in [0.15, 0.2) is 22.8 Å². The highest BCUT2D eigenvalue weighted by molar-refractivity contribution is 8.03. The van der Waals surface area contributed by atoms with Gasteiger partial charge < -0.3 is 20.1 Å². The molecule has 0 bridgehead atoms. The molecule has 0 spiro atoms. The fourth-order valence-corrected chi connectivity index (χ4v) is 5.05. The van der Waals surface area contributed by atoms with Gasteiger partial charge in [-0.2, -0.15) is 0 Å². The van der Waals surface area contributed by atoms with Gasteiger partial charge in [0.25, 0.3) is 0 Å². The van der Waals surface area contributed by atoms with Crippen molar-refractivity contribution in [3.8, 4) is 0 Å². The topological polar surface area (TPSA) is 104 Å². The number of esters is 1. The van der Waals surface area contributed by atoms with Crippen LogP contribution in [-0.4, -0.2) is 45.2 Å². The van der Waals surface area contributed by atoms with Crippen LogP contribution in [0.4, 0.5) is 0 Å². The van der Waals surface area contributed by atoms with Crippen molar-refractivity contribution in [2.45, 2.75) is 98.2 Å². The molecule has 0 saturated carbocycles. The fourth-order valence-electron chi connectivity index (χ4n) is 3.77. The van der Waals surface area contributed by atoms with Gasteiger partial charge >= 0.3 is 11.9 Å². The van der Waals surface area contributed by atoms with Crippen LogP contribution in [0.1, 0.15) is 86.0 Å². The van der Waals surface area contributed by atoms with Crippen LogP contribution in [0, 0.1) is 23.7 Å². The summed E-state index contributed by atoms with van der Waals surface area (Å²) in [7, 11) is 0. The second-order valence-electron chi connectivity index (χ2n) is 9.68. The molecule has 3 N–H and O–H groups in total. The van der Waals surface area contributed by atoms with Gasteiger partial charge in [0, 0.05) is 17.2 Å². The maximum atomic E-state index is 12.2. The highest BCUT2D eigenvalue weighted by Crippen LogP contribution is 2.42. The zero-order valence-electron chi connectivity index (χ0n) is 21.0. The van der Waals surface area contributed by atoms with Crippen molar-refractivity contribution >= 4 is 23.7 Å². The van der Waals surface area contributed by atoms with Crippen molar-refractivity contribution in [1.82, 2.24) is 0 Å². The fraction of sp³-hybridized carbons (Fsp3) is 0.769. The maximum Gasteiger partial charge on any atom is 0.313 e. The molecule has 0 aromatic carbocycles. The van der Waals surface area contributed by atoms with Gasteiger partial charge in [-0.1, -0.05) is 72.5 Å². The summed E-state index contributed by atoms with van der Waals surface area (Å²) in [6.07, 6.45) is 8.94. The van der Waals surface area contributed by atoms with Crippen molar-refractivity contribution in [1.29, 1.82) is 0 Å². The third kappa shape index (κ3) is 11.1. The highest BCUT2D eigenvalue weighted by Gasteiger charge is 2.35. The lowest BCUT2D eigenvalue weighted by molar-refractivity contribution is -0.143. The number of ether oxygens (including phenoxy) is 1. The zero-order chi connectivity index (χ0) is 25.0. The third-order valence-electron chi connectivity index (χ3n) is 6.03. The molecule has 0 aliphatic heterocycles. The third-order valence-corrected chi connectivity index (χ3v) is 7.33. The summed E-state index contributed by atoms with van der Waals surface area (Å²) in [4.78, 5) is 24.0. The molecule has 1 rings (SSSR count). The van der Waals surface area contributed by atoms with E-state index in [1.165, 1.54) is 0 Å². The SMILES string of the molecule is CCCC[C@@H](C)C[C@H](O)C=C[C@@H]1C(SCCCCC(C)C(=O)O)=C(OC(=O)C(C)C)C[C@H]1O. The van der Waals surface area contributed by atoms with Crippen LogP contribution in [0.25, 0.3) is 0 Å². The summed E-state index contributed by atoms with van der Waals surface area (Å²) >= 11 is 1.56. The summed E-state index contributed by atoms with van der Waals surface area (Å²) in [5, 5.41) is 30.2. The van der Waals surface area contributed by atoms with Crippen LogP contribution in [0.5, 0.6) is 0 Å². The second kappa shape index (κ2) is 15.6. The average molecular weight is 485 g/mol. The summed E-state index contributed by atoms with van der Waals surface area (Å²) in [6, 6.07) is 0. The Morgan fingerprint density at radius 2 is 1.85 bits per heavy atom. The first kappa shape index (κ1) is 29.7. The Morgan fingerprint density at radius 3 is 2.45 bits per heavy atom. The number of carbonyl (C=O) groups is 2. The summed E-state index contributed by atoms with van der Waals surface area (Å²) in [5.74, 6) is -0.341. The van der Waals surface area contributed by atoms with E-state index >= 15 is 0 Å². The van der Waals surface area contributed by atoms with Crippen LogP contribution >= 0.6 is 11.8 Å². The summed E-state index contributed by atoms with van der Waals surface area (Å²) in [6.45, 7) is 9.57. The van der Waals surface area contributed by atoms with Gasteiger partial charge in [-0.15, -0.1) is 11.8 Å². The lowest BCUT2D eigenvalue weighted by Crippen LogP contribution is -2.15. The van der Waals surface area contributed by atoms with Gasteiger partial charge in [0.05, 0.1) is 24.0 Å². The minimum atomic E-state index is -0.778. The van der Waals surface area contributed by atoms with Crippen molar-refractivity contribution in [3.63, 3.8) is 0 Å². The number of carboxylic acid groups (broad SMARTS) is 1. The molecular formula is C26H44O6S. The first-order chi connectivity index (χ1) is 15.6. The molecule has 0 saturated heterocycles. The van der Waals surface area contributed by atoms with Crippen molar-refractivity contribution in [2.75, 3.05) is 5.75 Å². The van der Waals surface area contributed by atoms with Crippen LogP contribution < -0.4 is 0 Å². The number of aliphatic hydroxyl groups excluding tert-OH is 2. The minimum Gasteiger partial charge on any atom is -0.481 e. The molecule has 0 fully saturated rings. The smallest absolute Gasteiger partial charge is 0.313 e. The number of hydrogen-bond donors (Lipinski definition) is 3. The second-order valence-corrected chi connectivity index (χ2v) is 10.8. The van der Waals surface area contributed by atoms with E-state index in [4.69, 9.17) is 9.84 Å². The predicted molar refractivity (Wildman–Crippen MR) is 134 cm³/mol. The van der Waals surface area contributed by atoms with Crippen molar-refractivity contribution in [2.24, 2.45) is 23.7 Å². The molecule has 0 radical (unpaired) electrons. The van der Waals surface area contributed by atoms with Gasteiger partial charge in [0.1, 0.15) is 5.76 Å². The van der Waals surface area contributed by atoms with Gasteiger partial charge in [-0.05, 0) is 30.9 Å². The number of rotatable bonds is 16. The maximum absolute atomic E-state index is 12.2. The number of aliphatic carboxylic acids is 1. The van der Waals surface area contributed by atoms with E-state index in [1.54, 1.807) is 38.6 Å². The number of carbonyl (C=O) groups excluding carboxylic acids is 1. The van der Waals surface area contributed by atoms with E-state index in [0.29, 0.717) is 24.5 Å². The Balaban J connectivity index is 2.81. The van der Waals surface area contributed by atoms with E-state index in [0.717, 1.165) is 42.8 Å². The van der Waals surface area contributed by atoms with Crippen molar-refractivity contribution in [3.05, 3.63) is 22.8 Å². The normalized spacial score (nSPS) is 21.6. The van der Waals surface area contributed by atoms with Gasteiger partial charge in [-0.3, -0.25) is 9.59 Å². The lowest BCUT2D eigenvalue weighted by Gasteiger charge is -2.17. The average Bonchev–Trinajstić information content (AvgIpc) is 3.03. The molecule has 5 atom stereocenters. The zero-order valence-corrected chi connectivity index (χ0v) is 21.8. The van der Waals surface area contributed by atoms with Crippen LogP contribution in [-0.2, 0) is 14.3 Å². The number of hydrogen-bond acceptors (Lipinski definition) is 6. The molecular weight excluding hydrogens is 440 g/mol. The number of thioether (sulfide) groups is 1. The molecule has 6 nitrogen and oxygen atoms in total. The minimum absolute atomic E-state index is 0.264. The van der Waals surface area contributed by atoms with Crippen molar-refractivity contribution < 1.29 is 29.6 Å². The molecule has 190 valence electrons. The van der Waals surface area contributed by atoms with Gasteiger partial charge in [-0.25, -0.2) is 0 Å². The molecule has 1 aliphatic carbocycles. The van der Waals surface area contributed by atoms with Gasteiger partial charge in [0.2, 0.25) is 0 Å². The van der Waals surface area contributed by atoms with E-state index in [2.05, 4.69) is 13.8 Å². The Kier molecular flexibility index (Phi) is 14.0. The first-order valence-electron chi connectivity index (χ1n) is 12.4. The Labute approximate surface area is 203 Å². The highest BCUT2D eigenvalue weighted by atomic mass is 32.2. The molecule has 0 aromatic rings. The number of unbranched alkanes of at least 4 members (excludes halogenated alkanes) is 2. The van der Waals surface area contributed by atoms with Crippen LogP contribution in [0.2, 0.25) is 0 Å². The Morgan fingerprint density at radius 1 is 1.15 bits per heavy atom. The van der Waals surface area contributed by atoms with Gasteiger partial charge in [0.15, 0.2) is 0 Å². The molecule has 0 heterocycles. The predicted octanol–water partition coefficient (Wildman–Crippen LogP) is 5.54. The van der Waals surface area contributed by atoms with Crippen LogP contribution in [0.3, 0.4) is 0 Å². The molecule has 33 heavy (non-hydrogen) atoms. The summed E-state index contributed by atoms with van der Waals surface area (Å²) < 4.78 is 5.61. The first-order valence-corrected chi connectivity index (χ1v) is 13.4. The molecule has 1 aliphatic rings. The Hall–Kier alpha value is -1.31. The molecule has 0 amide bonds. The van der Waals surface area contributed by atoms with E-state index < -0.39 is 18.2 Å². The molecule has 0 aromatic heterocycles. The number of carboxylic acids is 1. The molecule has 1 unspecified atom stereocenters. The van der Waals surface area contributed by atoms with E-state index in [1.807, 2.05) is 6.08 Å².